The summed E-state index contributed by atoms with van der Waals surface area (Å²) in [5.41, 5.74) is 0.743. The van der Waals surface area contributed by atoms with Gasteiger partial charge in [-0.3, -0.25) is 9.78 Å². The molecule has 82 valence electrons. The van der Waals surface area contributed by atoms with Gasteiger partial charge in [0.1, 0.15) is 0 Å². The number of benzene rings is 1. The van der Waals surface area contributed by atoms with Crippen molar-refractivity contribution < 1.29 is 4.79 Å². The van der Waals surface area contributed by atoms with Gasteiger partial charge in [-0.2, -0.15) is 11.8 Å². The van der Waals surface area contributed by atoms with Gasteiger partial charge in [-0.1, -0.05) is 24.3 Å². The standard InChI is InChI=1S/C13H13NOS/c1-16-7-6-13(15)12-9-14-8-10-4-2-3-5-11(10)12/h2-5,8-9H,6-7H2,1H3. The Labute approximate surface area is 99.1 Å². The van der Waals surface area contributed by atoms with Crippen LogP contribution in [-0.2, 0) is 0 Å². The van der Waals surface area contributed by atoms with E-state index >= 15 is 0 Å². The molecule has 0 aliphatic heterocycles. The van der Waals surface area contributed by atoms with Gasteiger partial charge in [-0.05, 0) is 11.6 Å². The van der Waals surface area contributed by atoms with Gasteiger partial charge in [0.2, 0.25) is 0 Å². The van der Waals surface area contributed by atoms with E-state index < -0.39 is 0 Å². The summed E-state index contributed by atoms with van der Waals surface area (Å²) in [6.07, 6.45) is 6.05. The van der Waals surface area contributed by atoms with Crippen LogP contribution in [0.5, 0.6) is 0 Å². The van der Waals surface area contributed by atoms with Crippen LogP contribution in [0.15, 0.2) is 36.7 Å². The third kappa shape index (κ3) is 2.25. The smallest absolute Gasteiger partial charge is 0.165 e. The molecule has 0 fully saturated rings. The van der Waals surface area contributed by atoms with Gasteiger partial charge >= 0.3 is 0 Å². The summed E-state index contributed by atoms with van der Waals surface area (Å²) in [4.78, 5) is 16.1. The molecule has 2 aromatic rings. The average Bonchev–Trinajstić information content (AvgIpc) is 2.35. The number of ketones is 1. The monoisotopic (exact) mass is 231 g/mol. The number of Topliss-reactive ketones (excluding diaryl/α,β-unsaturated/α-hetero) is 1. The van der Waals surface area contributed by atoms with Crippen molar-refractivity contribution >= 4 is 28.3 Å². The highest BCUT2D eigenvalue weighted by Crippen LogP contribution is 2.18. The van der Waals surface area contributed by atoms with Crippen molar-refractivity contribution in [3.63, 3.8) is 0 Å². The molecule has 0 radical (unpaired) electrons. The average molecular weight is 231 g/mol. The highest BCUT2D eigenvalue weighted by atomic mass is 32.2. The Morgan fingerprint density at radius 3 is 2.94 bits per heavy atom. The fraction of sp³-hybridized carbons (Fsp3) is 0.231. The van der Waals surface area contributed by atoms with E-state index in [0.29, 0.717) is 6.42 Å². The van der Waals surface area contributed by atoms with E-state index in [4.69, 9.17) is 0 Å². The largest absolute Gasteiger partial charge is 0.294 e. The SMILES string of the molecule is CSCCC(=O)c1cncc2ccccc12. The lowest BCUT2D eigenvalue weighted by atomic mass is 10.0. The summed E-state index contributed by atoms with van der Waals surface area (Å²) in [6, 6.07) is 7.87. The third-order valence-electron chi connectivity index (χ3n) is 2.50. The number of fused-ring (bicyclic) bond motifs is 1. The van der Waals surface area contributed by atoms with Gasteiger partial charge in [0, 0.05) is 35.5 Å². The van der Waals surface area contributed by atoms with Crippen molar-refractivity contribution in [1.29, 1.82) is 0 Å². The summed E-state index contributed by atoms with van der Waals surface area (Å²) in [6.45, 7) is 0. The zero-order chi connectivity index (χ0) is 11.4. The zero-order valence-corrected chi connectivity index (χ0v) is 9.96. The van der Waals surface area contributed by atoms with Crippen LogP contribution in [0.2, 0.25) is 0 Å². The molecule has 1 heterocycles. The molecule has 1 aromatic carbocycles. The Balaban J connectivity index is 2.40. The lowest BCUT2D eigenvalue weighted by Gasteiger charge is -2.04. The van der Waals surface area contributed by atoms with Gasteiger partial charge in [-0.15, -0.1) is 0 Å². The molecule has 0 spiro atoms. The number of pyridine rings is 1. The Hall–Kier alpha value is -1.35. The van der Waals surface area contributed by atoms with Gasteiger partial charge in [0.25, 0.3) is 0 Å². The molecular weight excluding hydrogens is 218 g/mol. The summed E-state index contributed by atoms with van der Waals surface area (Å²) < 4.78 is 0. The molecular formula is C13H13NOS. The van der Waals surface area contributed by atoms with Gasteiger partial charge < -0.3 is 0 Å². The number of nitrogens with zero attached hydrogens (tertiary/aromatic N) is 1. The number of aromatic nitrogens is 1. The molecule has 0 amide bonds. The zero-order valence-electron chi connectivity index (χ0n) is 9.14. The first kappa shape index (κ1) is 11.1. The molecule has 0 saturated carbocycles. The second kappa shape index (κ2) is 5.12. The Morgan fingerprint density at radius 2 is 2.12 bits per heavy atom. The lowest BCUT2D eigenvalue weighted by Crippen LogP contribution is -2.02. The van der Waals surface area contributed by atoms with Crippen molar-refractivity contribution in [1.82, 2.24) is 4.98 Å². The van der Waals surface area contributed by atoms with Crippen molar-refractivity contribution in [3.8, 4) is 0 Å². The molecule has 16 heavy (non-hydrogen) atoms. The van der Waals surface area contributed by atoms with Gasteiger partial charge in [0.05, 0.1) is 0 Å². The molecule has 0 aliphatic carbocycles. The minimum atomic E-state index is 0.179. The number of hydrogen-bond donors (Lipinski definition) is 0. The molecule has 0 atom stereocenters. The van der Waals surface area contributed by atoms with E-state index in [9.17, 15) is 4.79 Å². The predicted molar refractivity (Wildman–Crippen MR) is 69.1 cm³/mol. The minimum absolute atomic E-state index is 0.179. The van der Waals surface area contributed by atoms with E-state index in [0.717, 1.165) is 22.1 Å². The van der Waals surface area contributed by atoms with E-state index in [-0.39, 0.29) is 5.78 Å². The maximum absolute atomic E-state index is 12.0. The fourth-order valence-electron chi connectivity index (χ4n) is 1.67. The van der Waals surface area contributed by atoms with Crippen LogP contribution in [0, 0.1) is 0 Å². The molecule has 2 nitrogen and oxygen atoms in total. The topological polar surface area (TPSA) is 30.0 Å². The normalized spacial score (nSPS) is 10.6. The molecule has 0 N–H and O–H groups in total. The predicted octanol–water partition coefficient (Wildman–Crippen LogP) is 3.17. The maximum Gasteiger partial charge on any atom is 0.165 e. The van der Waals surface area contributed by atoms with Gasteiger partial charge in [-0.25, -0.2) is 0 Å². The van der Waals surface area contributed by atoms with Crippen molar-refractivity contribution in [2.24, 2.45) is 0 Å². The Morgan fingerprint density at radius 1 is 1.31 bits per heavy atom. The molecule has 3 heteroatoms. The second-order valence-electron chi connectivity index (χ2n) is 3.57. The molecule has 1 aromatic heterocycles. The number of carbonyl (C=O) groups excluding carboxylic acids is 1. The van der Waals surface area contributed by atoms with E-state index in [2.05, 4.69) is 4.98 Å². The van der Waals surface area contributed by atoms with Crippen LogP contribution >= 0.6 is 11.8 Å². The summed E-state index contributed by atoms with van der Waals surface area (Å²) in [7, 11) is 0. The summed E-state index contributed by atoms with van der Waals surface area (Å²) in [5, 5.41) is 2.03. The number of hydrogen-bond acceptors (Lipinski definition) is 3. The van der Waals surface area contributed by atoms with E-state index in [1.165, 1.54) is 0 Å². The second-order valence-corrected chi connectivity index (χ2v) is 4.56. The van der Waals surface area contributed by atoms with Crippen LogP contribution in [0.1, 0.15) is 16.8 Å². The van der Waals surface area contributed by atoms with Crippen LogP contribution in [0.4, 0.5) is 0 Å². The highest BCUT2D eigenvalue weighted by Gasteiger charge is 2.09. The molecule has 2 rings (SSSR count). The lowest BCUT2D eigenvalue weighted by molar-refractivity contribution is 0.0991. The quantitative estimate of drug-likeness (QED) is 0.757. The van der Waals surface area contributed by atoms with E-state index in [1.54, 1.807) is 24.2 Å². The van der Waals surface area contributed by atoms with Crippen LogP contribution in [0.25, 0.3) is 10.8 Å². The first-order chi connectivity index (χ1) is 7.83. The fourth-order valence-corrected chi connectivity index (χ4v) is 2.06. The number of carbonyl (C=O) groups is 1. The van der Waals surface area contributed by atoms with E-state index in [1.807, 2.05) is 30.5 Å². The molecule has 0 aliphatic rings. The first-order valence-corrected chi connectivity index (χ1v) is 6.57. The highest BCUT2D eigenvalue weighted by molar-refractivity contribution is 7.98. The number of thioether (sulfide) groups is 1. The molecule has 0 unspecified atom stereocenters. The minimum Gasteiger partial charge on any atom is -0.294 e. The van der Waals surface area contributed by atoms with Crippen molar-refractivity contribution in [2.45, 2.75) is 6.42 Å². The number of rotatable bonds is 4. The van der Waals surface area contributed by atoms with Crippen LogP contribution in [-0.4, -0.2) is 22.8 Å². The van der Waals surface area contributed by atoms with Crippen LogP contribution in [0.3, 0.4) is 0 Å². The van der Waals surface area contributed by atoms with Crippen LogP contribution < -0.4 is 0 Å². The first-order valence-electron chi connectivity index (χ1n) is 5.18. The molecule has 0 bridgehead atoms. The molecule has 0 saturated heterocycles. The van der Waals surface area contributed by atoms with Crippen molar-refractivity contribution in [2.75, 3.05) is 12.0 Å². The summed E-state index contributed by atoms with van der Waals surface area (Å²) in [5.74, 6) is 1.04. The Kier molecular flexibility index (Phi) is 3.57. The Bertz CT molecular complexity index is 505. The van der Waals surface area contributed by atoms with Crippen molar-refractivity contribution in [3.05, 3.63) is 42.2 Å². The summed E-state index contributed by atoms with van der Waals surface area (Å²) >= 11 is 1.69. The third-order valence-corrected chi connectivity index (χ3v) is 3.11. The van der Waals surface area contributed by atoms with Gasteiger partial charge in [0.15, 0.2) is 5.78 Å². The maximum atomic E-state index is 12.0.